The highest BCUT2D eigenvalue weighted by molar-refractivity contribution is 5.67. The summed E-state index contributed by atoms with van der Waals surface area (Å²) < 4.78 is 38.3. The van der Waals surface area contributed by atoms with Crippen LogP contribution in [0.25, 0.3) is 11.1 Å². The Labute approximate surface area is 323 Å². The van der Waals surface area contributed by atoms with Crippen molar-refractivity contribution in [1.29, 1.82) is 5.26 Å². The average Bonchev–Trinajstić information content (AvgIpc) is 3.85. The van der Waals surface area contributed by atoms with Gasteiger partial charge in [0.05, 0.1) is 69.6 Å². The van der Waals surface area contributed by atoms with Gasteiger partial charge in [-0.3, -0.25) is 9.58 Å². The summed E-state index contributed by atoms with van der Waals surface area (Å²) in [7, 11) is 1.65. The Morgan fingerprint density at radius 1 is 0.945 bits per heavy atom. The predicted octanol–water partition coefficient (Wildman–Crippen LogP) is 5.06. The Hall–Kier alpha value is -4.66. The first-order valence-electron chi connectivity index (χ1n) is 19.3. The van der Waals surface area contributed by atoms with E-state index in [-0.39, 0.29) is 24.4 Å². The normalized spacial score (nSPS) is 20.9. The van der Waals surface area contributed by atoms with Crippen LogP contribution in [0.2, 0.25) is 0 Å². The SMILES string of the molecule is COCCOCCOCCCOc1nn(C2CCC(N3C[C@@H](C)O[C@@H](C)C3)CC2)cc1Nc1ncc(-c2ccc(C#N)c(O[C@@H](C)Cn3cncn3)c2)cn1. The number of hydrogen-bond acceptors (Lipinski definition) is 14. The van der Waals surface area contributed by atoms with Crippen molar-refractivity contribution >= 4 is 11.6 Å². The molecule has 1 aliphatic heterocycles. The van der Waals surface area contributed by atoms with Gasteiger partial charge in [0.2, 0.25) is 5.95 Å². The Kier molecular flexibility index (Phi) is 14.8. The number of ether oxygens (including phenoxy) is 6. The van der Waals surface area contributed by atoms with E-state index in [1.165, 1.54) is 6.33 Å². The summed E-state index contributed by atoms with van der Waals surface area (Å²) in [4.78, 5) is 15.9. The van der Waals surface area contributed by atoms with E-state index < -0.39 is 0 Å². The van der Waals surface area contributed by atoms with E-state index >= 15 is 0 Å². The van der Waals surface area contributed by atoms with Crippen LogP contribution in [0.3, 0.4) is 0 Å². The lowest BCUT2D eigenvalue weighted by molar-refractivity contribution is -0.0852. The Balaban J connectivity index is 1.09. The van der Waals surface area contributed by atoms with E-state index in [9.17, 15) is 5.26 Å². The van der Waals surface area contributed by atoms with Gasteiger partial charge in [-0.05, 0) is 64.2 Å². The molecule has 3 atom stereocenters. The third-order valence-electron chi connectivity index (χ3n) is 9.75. The molecular formula is C39H54N10O6. The molecule has 0 bridgehead atoms. The van der Waals surface area contributed by atoms with Crippen LogP contribution in [0.1, 0.15) is 64.5 Å². The van der Waals surface area contributed by atoms with Crippen LogP contribution in [-0.2, 0) is 25.5 Å². The van der Waals surface area contributed by atoms with Gasteiger partial charge in [0.1, 0.15) is 36.3 Å². The number of nitrogens with zero attached hydrogens (tertiary/aromatic N) is 9. The maximum absolute atomic E-state index is 9.72. The van der Waals surface area contributed by atoms with E-state index in [4.69, 9.17) is 33.5 Å². The van der Waals surface area contributed by atoms with Crippen LogP contribution in [0, 0.1) is 11.3 Å². The standard InChI is InChI=1S/C39H54N10O6/c1-28-22-47(23-29(2)54-28)34-8-10-35(11-9-34)49-25-36(38(46-49)53-13-5-12-51-16-17-52-15-14-50-4)45-39-42-20-33(21-43-39)31-6-7-32(19-40)37(18-31)55-30(3)24-48-27-41-26-44-48/h6-7,18,20-21,25-30,34-35H,5,8-17,22-24H2,1-4H3,(H,42,43,45)/t28-,29+,30-,34?,35?/m0/s1. The number of anilines is 2. The molecule has 1 saturated heterocycles. The summed E-state index contributed by atoms with van der Waals surface area (Å²) in [5, 5.41) is 22.1. The van der Waals surface area contributed by atoms with Crippen molar-refractivity contribution in [2.75, 3.05) is 65.2 Å². The Morgan fingerprint density at radius 3 is 2.38 bits per heavy atom. The third kappa shape index (κ3) is 11.7. The molecule has 1 aliphatic carbocycles. The predicted molar refractivity (Wildman–Crippen MR) is 204 cm³/mol. The van der Waals surface area contributed by atoms with Crippen molar-refractivity contribution in [2.45, 2.75) is 89.8 Å². The lowest BCUT2D eigenvalue weighted by atomic mass is 9.89. The van der Waals surface area contributed by atoms with Crippen LogP contribution in [0.5, 0.6) is 11.6 Å². The van der Waals surface area contributed by atoms with Crippen molar-refractivity contribution in [3.05, 3.63) is 55.0 Å². The molecule has 6 rings (SSSR count). The minimum atomic E-state index is -0.241. The van der Waals surface area contributed by atoms with E-state index in [1.807, 2.05) is 29.9 Å². The summed E-state index contributed by atoms with van der Waals surface area (Å²) in [5.74, 6) is 1.39. The second kappa shape index (κ2) is 20.3. The van der Waals surface area contributed by atoms with Gasteiger partial charge in [0.25, 0.3) is 5.88 Å². The number of benzene rings is 1. The van der Waals surface area contributed by atoms with Gasteiger partial charge < -0.3 is 33.7 Å². The van der Waals surface area contributed by atoms with E-state index in [0.717, 1.165) is 49.9 Å². The van der Waals surface area contributed by atoms with Gasteiger partial charge >= 0.3 is 0 Å². The second-order valence-corrected chi connectivity index (χ2v) is 14.2. The molecule has 296 valence electrons. The fraction of sp³-hybridized carbons (Fsp3) is 0.590. The van der Waals surface area contributed by atoms with Crippen LogP contribution in [-0.4, -0.2) is 124 Å². The molecule has 4 aromatic rings. The number of methoxy groups -OCH3 is 1. The summed E-state index contributed by atoms with van der Waals surface area (Å²) in [6.45, 7) is 11.9. The summed E-state index contributed by atoms with van der Waals surface area (Å²) >= 11 is 0. The molecule has 0 spiro atoms. The van der Waals surface area contributed by atoms with E-state index in [2.05, 4.69) is 50.2 Å². The zero-order chi connectivity index (χ0) is 38.4. The molecule has 4 heterocycles. The Morgan fingerprint density at radius 2 is 1.67 bits per heavy atom. The van der Waals surface area contributed by atoms with Crippen LogP contribution in [0.4, 0.5) is 11.6 Å². The first kappa shape index (κ1) is 40.0. The zero-order valence-corrected chi connectivity index (χ0v) is 32.4. The number of nitriles is 1. The molecule has 55 heavy (non-hydrogen) atoms. The third-order valence-corrected chi connectivity index (χ3v) is 9.75. The highest BCUT2D eigenvalue weighted by Gasteiger charge is 2.32. The largest absolute Gasteiger partial charge is 0.487 e. The molecule has 1 aromatic carbocycles. The molecule has 0 radical (unpaired) electrons. The van der Waals surface area contributed by atoms with Crippen molar-refractivity contribution in [1.82, 2.24) is 39.4 Å². The number of nitrogens with one attached hydrogen (secondary N) is 1. The lowest BCUT2D eigenvalue weighted by Gasteiger charge is -2.42. The molecule has 16 heteroatoms. The van der Waals surface area contributed by atoms with Crippen molar-refractivity contribution in [3.8, 4) is 28.8 Å². The van der Waals surface area contributed by atoms with Crippen molar-refractivity contribution in [2.24, 2.45) is 0 Å². The van der Waals surface area contributed by atoms with Gasteiger partial charge in [0, 0.05) is 57.2 Å². The number of hydrogen-bond donors (Lipinski definition) is 1. The van der Waals surface area contributed by atoms with E-state index in [1.54, 1.807) is 36.6 Å². The minimum absolute atomic E-state index is 0.241. The number of morpholine rings is 1. The maximum atomic E-state index is 9.72. The summed E-state index contributed by atoms with van der Waals surface area (Å²) in [5.41, 5.74) is 2.75. The average molecular weight is 759 g/mol. The van der Waals surface area contributed by atoms with Crippen LogP contribution < -0.4 is 14.8 Å². The van der Waals surface area contributed by atoms with Gasteiger partial charge in [-0.25, -0.2) is 19.6 Å². The molecule has 0 unspecified atom stereocenters. The maximum Gasteiger partial charge on any atom is 0.256 e. The first-order valence-corrected chi connectivity index (χ1v) is 19.3. The quantitative estimate of drug-likeness (QED) is 0.119. The number of aromatic nitrogens is 7. The van der Waals surface area contributed by atoms with Gasteiger partial charge in [-0.15, -0.1) is 5.10 Å². The highest BCUT2D eigenvalue weighted by atomic mass is 16.5. The fourth-order valence-corrected chi connectivity index (χ4v) is 7.15. The second-order valence-electron chi connectivity index (χ2n) is 14.2. The van der Waals surface area contributed by atoms with Crippen LogP contribution in [0.15, 0.2) is 49.4 Å². The minimum Gasteiger partial charge on any atom is -0.487 e. The van der Waals surface area contributed by atoms with Gasteiger partial charge in [-0.1, -0.05) is 6.07 Å². The topological polar surface area (TPSA) is 169 Å². The van der Waals surface area contributed by atoms with E-state index in [0.29, 0.717) is 87.5 Å². The number of rotatable bonds is 20. The van der Waals surface area contributed by atoms with Crippen LogP contribution >= 0.6 is 0 Å². The molecule has 2 aliphatic rings. The molecule has 1 N–H and O–H groups in total. The van der Waals surface area contributed by atoms with Crippen molar-refractivity contribution in [3.63, 3.8) is 0 Å². The smallest absolute Gasteiger partial charge is 0.256 e. The summed E-state index contributed by atoms with van der Waals surface area (Å²) in [6, 6.07) is 8.49. The fourth-order valence-electron chi connectivity index (χ4n) is 7.15. The monoisotopic (exact) mass is 758 g/mol. The highest BCUT2D eigenvalue weighted by Crippen LogP contribution is 2.35. The van der Waals surface area contributed by atoms with Gasteiger partial charge in [0.15, 0.2) is 0 Å². The Bertz CT molecular complexity index is 1760. The lowest BCUT2D eigenvalue weighted by Crippen LogP contribution is -2.51. The molecule has 3 aromatic heterocycles. The molecule has 0 amide bonds. The van der Waals surface area contributed by atoms with Crippen molar-refractivity contribution < 1.29 is 28.4 Å². The molecule has 1 saturated carbocycles. The molecule has 16 nitrogen and oxygen atoms in total. The van der Waals surface area contributed by atoms with Gasteiger partial charge in [-0.2, -0.15) is 10.4 Å². The summed E-state index contributed by atoms with van der Waals surface area (Å²) in [6.07, 6.45) is 13.9. The zero-order valence-electron chi connectivity index (χ0n) is 32.4. The molecule has 2 fully saturated rings. The first-order chi connectivity index (χ1) is 26.9. The molecular weight excluding hydrogens is 704 g/mol.